The molecule has 1 saturated heterocycles. The van der Waals surface area contributed by atoms with Crippen molar-refractivity contribution in [3.63, 3.8) is 0 Å². The van der Waals surface area contributed by atoms with E-state index in [1.54, 1.807) is 0 Å². The molecular formula is C9H14F3NO2S. The van der Waals surface area contributed by atoms with Gasteiger partial charge in [-0.1, -0.05) is 0 Å². The van der Waals surface area contributed by atoms with E-state index in [0.29, 0.717) is 25.7 Å². The molecule has 1 aliphatic carbocycles. The summed E-state index contributed by atoms with van der Waals surface area (Å²) in [5, 5.41) is -0.415. The van der Waals surface area contributed by atoms with Crippen molar-refractivity contribution >= 4 is 10.0 Å². The summed E-state index contributed by atoms with van der Waals surface area (Å²) >= 11 is 0. The maximum atomic E-state index is 12.3. The summed E-state index contributed by atoms with van der Waals surface area (Å²) in [5.41, 5.74) is 0. The van der Waals surface area contributed by atoms with Crippen LogP contribution in [-0.4, -0.2) is 36.7 Å². The van der Waals surface area contributed by atoms with Crippen molar-refractivity contribution in [3.8, 4) is 0 Å². The summed E-state index contributed by atoms with van der Waals surface area (Å²) in [6.45, 7) is 0.250. The van der Waals surface area contributed by atoms with Crippen LogP contribution in [0, 0.1) is 0 Å². The highest BCUT2D eigenvalue weighted by Crippen LogP contribution is 2.37. The number of hydrogen-bond acceptors (Lipinski definition) is 2. The molecule has 0 aromatic rings. The standard InChI is InChI=1S/C9H14F3NO2S/c10-9(11,12)6-7-2-1-5-13(7)16(14,15)8-3-4-8/h7-8H,1-6H2. The van der Waals surface area contributed by atoms with E-state index in [1.165, 1.54) is 0 Å². The molecule has 1 aliphatic heterocycles. The number of sulfonamides is 1. The van der Waals surface area contributed by atoms with Crippen LogP contribution < -0.4 is 0 Å². The van der Waals surface area contributed by atoms with Gasteiger partial charge in [0.05, 0.1) is 11.7 Å². The van der Waals surface area contributed by atoms with Crippen LogP contribution >= 0.6 is 0 Å². The highest BCUT2D eigenvalue weighted by Gasteiger charge is 2.47. The minimum absolute atomic E-state index is 0.250. The monoisotopic (exact) mass is 257 g/mol. The van der Waals surface area contributed by atoms with Gasteiger partial charge in [0.2, 0.25) is 10.0 Å². The molecule has 2 fully saturated rings. The molecule has 1 heterocycles. The van der Waals surface area contributed by atoms with E-state index in [2.05, 4.69) is 0 Å². The van der Waals surface area contributed by atoms with E-state index in [-0.39, 0.29) is 6.54 Å². The lowest BCUT2D eigenvalue weighted by Crippen LogP contribution is -2.39. The Morgan fingerprint density at radius 1 is 1.19 bits per heavy atom. The predicted octanol–water partition coefficient (Wildman–Crippen LogP) is 1.90. The normalized spacial score (nSPS) is 28.6. The van der Waals surface area contributed by atoms with Crippen LogP contribution in [0.25, 0.3) is 0 Å². The van der Waals surface area contributed by atoms with E-state index in [4.69, 9.17) is 0 Å². The number of nitrogens with zero attached hydrogens (tertiary/aromatic N) is 1. The van der Waals surface area contributed by atoms with Crippen molar-refractivity contribution < 1.29 is 21.6 Å². The van der Waals surface area contributed by atoms with Crippen molar-refractivity contribution in [3.05, 3.63) is 0 Å². The molecule has 0 bridgehead atoms. The van der Waals surface area contributed by atoms with Crippen LogP contribution in [0.4, 0.5) is 13.2 Å². The molecule has 0 N–H and O–H groups in total. The minimum atomic E-state index is -4.29. The van der Waals surface area contributed by atoms with E-state index in [0.717, 1.165) is 4.31 Å². The van der Waals surface area contributed by atoms with Crippen LogP contribution in [0.3, 0.4) is 0 Å². The number of halogens is 3. The third-order valence-electron chi connectivity index (χ3n) is 3.06. The van der Waals surface area contributed by atoms with Gasteiger partial charge in [0.25, 0.3) is 0 Å². The fourth-order valence-corrected chi connectivity index (χ4v) is 4.27. The summed E-state index contributed by atoms with van der Waals surface area (Å²) in [5.74, 6) is 0. The lowest BCUT2D eigenvalue weighted by molar-refractivity contribution is -0.142. The van der Waals surface area contributed by atoms with Crippen molar-refractivity contribution in [1.82, 2.24) is 4.31 Å². The van der Waals surface area contributed by atoms with Crippen molar-refractivity contribution in [1.29, 1.82) is 0 Å². The molecule has 3 nitrogen and oxygen atoms in total. The van der Waals surface area contributed by atoms with Crippen LogP contribution in [0.5, 0.6) is 0 Å². The molecule has 0 amide bonds. The molecule has 0 spiro atoms. The Morgan fingerprint density at radius 2 is 1.81 bits per heavy atom. The zero-order valence-electron chi connectivity index (χ0n) is 8.70. The molecule has 0 radical (unpaired) electrons. The van der Waals surface area contributed by atoms with Crippen LogP contribution in [0.2, 0.25) is 0 Å². The molecule has 2 rings (SSSR count). The average molecular weight is 257 g/mol. The topological polar surface area (TPSA) is 37.4 Å². The summed E-state index contributed by atoms with van der Waals surface area (Å²) in [4.78, 5) is 0. The Kier molecular flexibility index (Phi) is 2.94. The maximum Gasteiger partial charge on any atom is 0.390 e. The molecule has 0 aromatic heterocycles. The first-order chi connectivity index (χ1) is 7.31. The predicted molar refractivity (Wildman–Crippen MR) is 52.3 cm³/mol. The van der Waals surface area contributed by atoms with E-state index < -0.39 is 33.9 Å². The van der Waals surface area contributed by atoms with Gasteiger partial charge < -0.3 is 0 Å². The van der Waals surface area contributed by atoms with Crippen molar-refractivity contribution in [2.75, 3.05) is 6.54 Å². The third kappa shape index (κ3) is 2.51. The van der Waals surface area contributed by atoms with Crippen molar-refractivity contribution in [2.24, 2.45) is 0 Å². The fraction of sp³-hybridized carbons (Fsp3) is 1.00. The molecule has 1 unspecified atom stereocenters. The second-order valence-corrected chi connectivity index (χ2v) is 6.64. The Hall–Kier alpha value is -0.300. The first kappa shape index (κ1) is 12.2. The van der Waals surface area contributed by atoms with Gasteiger partial charge in [0.1, 0.15) is 0 Å². The summed E-state index contributed by atoms with van der Waals surface area (Å²) in [7, 11) is -3.45. The average Bonchev–Trinajstić information content (AvgIpc) is 2.86. The van der Waals surface area contributed by atoms with Crippen molar-refractivity contribution in [2.45, 2.75) is 49.6 Å². The van der Waals surface area contributed by atoms with Gasteiger partial charge in [-0.15, -0.1) is 0 Å². The summed E-state index contributed by atoms with van der Waals surface area (Å²) in [6, 6.07) is -0.870. The van der Waals surface area contributed by atoms with Gasteiger partial charge in [0, 0.05) is 12.6 Å². The van der Waals surface area contributed by atoms with Gasteiger partial charge in [-0.25, -0.2) is 8.42 Å². The summed E-state index contributed by atoms with van der Waals surface area (Å²) in [6.07, 6.45) is -3.25. The fourth-order valence-electron chi connectivity index (χ4n) is 2.17. The molecule has 0 aromatic carbocycles. The maximum absolute atomic E-state index is 12.3. The second kappa shape index (κ2) is 3.87. The molecule has 2 aliphatic rings. The van der Waals surface area contributed by atoms with E-state index >= 15 is 0 Å². The second-order valence-electron chi connectivity index (χ2n) is 4.47. The SMILES string of the molecule is O=S(=O)(C1CC1)N1CCCC1CC(F)(F)F. The van der Waals surface area contributed by atoms with E-state index in [1.807, 2.05) is 0 Å². The minimum Gasteiger partial charge on any atom is -0.212 e. The number of hydrogen-bond donors (Lipinski definition) is 0. The highest BCUT2D eigenvalue weighted by molar-refractivity contribution is 7.90. The number of rotatable bonds is 3. The van der Waals surface area contributed by atoms with Gasteiger partial charge in [-0.3, -0.25) is 0 Å². The molecule has 16 heavy (non-hydrogen) atoms. The quantitative estimate of drug-likeness (QED) is 0.774. The molecule has 1 saturated carbocycles. The summed E-state index contributed by atoms with van der Waals surface area (Å²) < 4.78 is 61.6. The Labute approximate surface area is 92.7 Å². The van der Waals surface area contributed by atoms with Crippen LogP contribution in [-0.2, 0) is 10.0 Å². The lowest BCUT2D eigenvalue weighted by atomic mass is 10.1. The van der Waals surface area contributed by atoms with E-state index in [9.17, 15) is 21.6 Å². The molecule has 1 atom stereocenters. The molecule has 7 heteroatoms. The zero-order valence-corrected chi connectivity index (χ0v) is 9.52. The van der Waals surface area contributed by atoms with Gasteiger partial charge in [-0.05, 0) is 25.7 Å². The first-order valence-electron chi connectivity index (χ1n) is 5.38. The smallest absolute Gasteiger partial charge is 0.212 e. The Morgan fingerprint density at radius 3 is 2.31 bits per heavy atom. The Bertz CT molecular complexity index is 361. The first-order valence-corrected chi connectivity index (χ1v) is 6.88. The van der Waals surface area contributed by atoms with Crippen LogP contribution in [0.15, 0.2) is 0 Å². The van der Waals surface area contributed by atoms with Crippen LogP contribution in [0.1, 0.15) is 32.1 Å². The molecular weight excluding hydrogens is 243 g/mol. The lowest BCUT2D eigenvalue weighted by Gasteiger charge is -2.24. The van der Waals surface area contributed by atoms with Gasteiger partial charge in [-0.2, -0.15) is 17.5 Å². The van der Waals surface area contributed by atoms with Gasteiger partial charge >= 0.3 is 6.18 Å². The third-order valence-corrected chi connectivity index (χ3v) is 5.51. The van der Waals surface area contributed by atoms with Gasteiger partial charge in [0.15, 0.2) is 0 Å². The largest absolute Gasteiger partial charge is 0.390 e. The number of alkyl halides is 3. The Balaban J connectivity index is 2.09. The zero-order chi connectivity index (χ0) is 12.0. The highest BCUT2D eigenvalue weighted by atomic mass is 32.2. The molecule has 94 valence electrons.